The van der Waals surface area contributed by atoms with Gasteiger partial charge in [0.2, 0.25) is 5.91 Å². The first-order chi connectivity index (χ1) is 19.0. The van der Waals surface area contributed by atoms with Gasteiger partial charge in [-0.05, 0) is 49.8 Å². The fourth-order valence-electron chi connectivity index (χ4n) is 5.34. The van der Waals surface area contributed by atoms with E-state index >= 15 is 0 Å². The zero-order valence-corrected chi connectivity index (χ0v) is 22.7. The molecule has 2 N–H and O–H groups in total. The monoisotopic (exact) mass is 550 g/mol. The molecule has 0 unspecified atom stereocenters. The third-order valence-corrected chi connectivity index (χ3v) is 9.23. The number of benzene rings is 1. The molecule has 0 radical (unpaired) electrons. The molecular formula is C28H34N6O4S. The highest BCUT2D eigenvalue weighted by molar-refractivity contribution is 7.90. The Morgan fingerprint density at radius 2 is 1.85 bits per heavy atom. The molecule has 2 fully saturated rings. The Balaban J connectivity index is 1.43. The first-order valence-electron chi connectivity index (χ1n) is 13.5. The van der Waals surface area contributed by atoms with E-state index < -0.39 is 10.0 Å². The smallest absolute Gasteiger partial charge is 0.269 e. The van der Waals surface area contributed by atoms with E-state index in [1.165, 1.54) is 10.2 Å². The lowest BCUT2D eigenvalue weighted by molar-refractivity contribution is -0.117. The Morgan fingerprint density at radius 3 is 2.56 bits per heavy atom. The lowest BCUT2D eigenvalue weighted by Gasteiger charge is -2.33. The summed E-state index contributed by atoms with van der Waals surface area (Å²) in [5.41, 5.74) is 1.52. The van der Waals surface area contributed by atoms with Crippen molar-refractivity contribution in [2.24, 2.45) is 5.92 Å². The van der Waals surface area contributed by atoms with Crippen molar-refractivity contribution in [2.75, 3.05) is 43.5 Å². The highest BCUT2D eigenvalue weighted by atomic mass is 32.2. The highest BCUT2D eigenvalue weighted by Crippen LogP contribution is 2.34. The number of carbonyl (C=O) groups is 1. The molecule has 2 saturated heterocycles. The molecule has 206 valence electrons. The second-order valence-electron chi connectivity index (χ2n) is 10.2. The van der Waals surface area contributed by atoms with Crippen molar-refractivity contribution in [3.05, 3.63) is 48.8 Å². The van der Waals surface area contributed by atoms with E-state index in [4.69, 9.17) is 10.00 Å². The van der Waals surface area contributed by atoms with Gasteiger partial charge in [-0.3, -0.25) is 4.79 Å². The van der Waals surface area contributed by atoms with Crippen LogP contribution < -0.4 is 10.6 Å². The van der Waals surface area contributed by atoms with Crippen molar-refractivity contribution in [3.63, 3.8) is 0 Å². The first kappa shape index (κ1) is 27.1. The van der Waals surface area contributed by atoms with Gasteiger partial charge in [-0.2, -0.15) is 5.26 Å². The molecule has 4 heterocycles. The number of anilines is 2. The van der Waals surface area contributed by atoms with Gasteiger partial charge in [0.25, 0.3) is 10.0 Å². The SMILES string of the molecule is N#CCCN1CCC(Nc2c(NC(=O)CC3CCOCC3)cnc3c2ccn3S(=O)(=O)c2ccccc2)CC1. The number of fused-ring (bicyclic) bond motifs is 1. The molecule has 10 nitrogen and oxygen atoms in total. The van der Waals surface area contributed by atoms with Crippen molar-refractivity contribution >= 4 is 38.3 Å². The number of pyridine rings is 1. The Labute approximate surface area is 229 Å². The number of carbonyl (C=O) groups excluding carboxylic acids is 1. The summed E-state index contributed by atoms with van der Waals surface area (Å²) in [6.07, 6.45) is 7.44. The third kappa shape index (κ3) is 6.24. The fourth-order valence-corrected chi connectivity index (χ4v) is 6.66. The molecule has 0 atom stereocenters. The maximum atomic E-state index is 13.4. The Kier molecular flexibility index (Phi) is 8.45. The Morgan fingerprint density at radius 1 is 1.10 bits per heavy atom. The van der Waals surface area contributed by atoms with Crippen LogP contribution in [0.3, 0.4) is 0 Å². The fraction of sp³-hybridized carbons (Fsp3) is 0.464. The largest absolute Gasteiger partial charge is 0.381 e. The normalized spacial score (nSPS) is 17.6. The van der Waals surface area contributed by atoms with Crippen LogP contribution in [-0.4, -0.2) is 67.1 Å². The molecule has 2 aliphatic heterocycles. The Hall–Kier alpha value is -3.46. The van der Waals surface area contributed by atoms with Gasteiger partial charge >= 0.3 is 0 Å². The second-order valence-corrected chi connectivity index (χ2v) is 12.0. The summed E-state index contributed by atoms with van der Waals surface area (Å²) in [5.74, 6) is 0.190. The average molecular weight is 551 g/mol. The van der Waals surface area contributed by atoms with E-state index in [2.05, 4.69) is 26.6 Å². The van der Waals surface area contributed by atoms with Crippen LogP contribution in [0.25, 0.3) is 11.0 Å². The lowest BCUT2D eigenvalue weighted by Crippen LogP contribution is -2.39. The van der Waals surface area contributed by atoms with Gasteiger partial charge in [0.1, 0.15) is 0 Å². The average Bonchev–Trinajstić information content (AvgIpc) is 3.40. The quantitative estimate of drug-likeness (QED) is 0.411. The molecule has 3 aromatic rings. The second kappa shape index (κ2) is 12.2. The third-order valence-electron chi connectivity index (χ3n) is 7.55. The molecule has 2 aliphatic rings. The highest BCUT2D eigenvalue weighted by Gasteiger charge is 2.26. The molecule has 1 aromatic carbocycles. The van der Waals surface area contributed by atoms with Crippen molar-refractivity contribution < 1.29 is 17.9 Å². The molecule has 0 saturated carbocycles. The van der Waals surface area contributed by atoms with E-state index in [1.807, 2.05) is 0 Å². The van der Waals surface area contributed by atoms with Crippen LogP contribution in [0.4, 0.5) is 11.4 Å². The molecule has 1 amide bonds. The van der Waals surface area contributed by atoms with Crippen LogP contribution >= 0.6 is 0 Å². The first-order valence-corrected chi connectivity index (χ1v) is 14.9. The molecule has 0 bridgehead atoms. The summed E-state index contributed by atoms with van der Waals surface area (Å²) in [7, 11) is -3.85. The molecule has 11 heteroatoms. The van der Waals surface area contributed by atoms with E-state index in [0.717, 1.165) is 45.3 Å². The van der Waals surface area contributed by atoms with Crippen LogP contribution in [0.15, 0.2) is 53.7 Å². The minimum atomic E-state index is -3.85. The number of rotatable bonds is 9. The summed E-state index contributed by atoms with van der Waals surface area (Å²) in [6.45, 7) is 3.84. The zero-order valence-electron chi connectivity index (χ0n) is 21.9. The molecule has 39 heavy (non-hydrogen) atoms. The van der Waals surface area contributed by atoms with Crippen LogP contribution in [-0.2, 0) is 19.6 Å². The Bertz CT molecular complexity index is 1440. The van der Waals surface area contributed by atoms with Crippen LogP contribution in [0.2, 0.25) is 0 Å². The predicted molar refractivity (Wildman–Crippen MR) is 149 cm³/mol. The van der Waals surface area contributed by atoms with Gasteiger partial charge in [-0.15, -0.1) is 0 Å². The van der Waals surface area contributed by atoms with E-state index in [1.54, 1.807) is 42.6 Å². The summed E-state index contributed by atoms with van der Waals surface area (Å²) in [4.78, 5) is 20.0. The van der Waals surface area contributed by atoms with Crippen molar-refractivity contribution in [1.82, 2.24) is 13.9 Å². The minimum Gasteiger partial charge on any atom is -0.381 e. The van der Waals surface area contributed by atoms with Gasteiger partial charge < -0.3 is 20.3 Å². The summed E-state index contributed by atoms with van der Waals surface area (Å²) >= 11 is 0. The molecule has 5 rings (SSSR count). The van der Waals surface area contributed by atoms with Crippen molar-refractivity contribution in [1.29, 1.82) is 5.26 Å². The number of ether oxygens (including phenoxy) is 1. The molecule has 0 spiro atoms. The van der Waals surface area contributed by atoms with E-state index in [0.29, 0.717) is 48.5 Å². The predicted octanol–water partition coefficient (Wildman–Crippen LogP) is 3.82. The van der Waals surface area contributed by atoms with Crippen molar-refractivity contribution in [2.45, 2.75) is 49.5 Å². The topological polar surface area (TPSA) is 129 Å². The molecule has 0 aliphatic carbocycles. The summed E-state index contributed by atoms with van der Waals surface area (Å²) < 4.78 is 33.4. The number of amides is 1. The summed E-state index contributed by atoms with van der Waals surface area (Å²) in [5, 5.41) is 16.2. The molecule has 2 aromatic heterocycles. The number of nitrogens with one attached hydrogen (secondary N) is 2. The standard InChI is InChI=1S/C28H34N6O4S/c29-12-4-13-33-14-7-22(8-15-33)31-27-24-9-16-34(39(36,37)23-5-2-1-3-6-23)28(24)30-20-25(27)32-26(35)19-21-10-17-38-18-11-21/h1-3,5-6,9,16,20-22H,4,7-8,10-11,13-15,17-19H2,(H,30,31)(H,32,35). The molecular weight excluding hydrogens is 516 g/mol. The van der Waals surface area contributed by atoms with Gasteiger partial charge in [-0.25, -0.2) is 17.4 Å². The maximum Gasteiger partial charge on any atom is 0.269 e. The van der Waals surface area contributed by atoms with E-state index in [9.17, 15) is 13.2 Å². The number of piperidine rings is 1. The van der Waals surface area contributed by atoms with Crippen LogP contribution in [0.5, 0.6) is 0 Å². The van der Waals surface area contributed by atoms with Gasteiger partial charge in [0.15, 0.2) is 5.65 Å². The number of hydrogen-bond acceptors (Lipinski definition) is 8. The number of hydrogen-bond donors (Lipinski definition) is 2. The minimum absolute atomic E-state index is 0.0891. The lowest BCUT2D eigenvalue weighted by atomic mass is 9.96. The maximum absolute atomic E-state index is 13.4. The number of aromatic nitrogens is 2. The van der Waals surface area contributed by atoms with E-state index in [-0.39, 0.29) is 22.8 Å². The number of nitrogens with zero attached hydrogens (tertiary/aromatic N) is 4. The van der Waals surface area contributed by atoms with Gasteiger partial charge in [0.05, 0.1) is 28.5 Å². The zero-order chi connectivity index (χ0) is 27.2. The number of nitriles is 1. The van der Waals surface area contributed by atoms with Crippen LogP contribution in [0, 0.1) is 17.2 Å². The van der Waals surface area contributed by atoms with Gasteiger partial charge in [0, 0.05) is 63.3 Å². The number of likely N-dealkylation sites (tertiary alicyclic amines) is 1. The van der Waals surface area contributed by atoms with Gasteiger partial charge in [-0.1, -0.05) is 18.2 Å². The summed E-state index contributed by atoms with van der Waals surface area (Å²) in [6, 6.07) is 12.3. The van der Waals surface area contributed by atoms with Crippen LogP contribution in [0.1, 0.15) is 38.5 Å². The van der Waals surface area contributed by atoms with Crippen molar-refractivity contribution in [3.8, 4) is 6.07 Å².